The zero-order valence-corrected chi connectivity index (χ0v) is 9.12. The molecule has 2 heteroatoms. The number of carbonyl (C=O) groups excluding carboxylic acids is 1. The standard InChI is InChI=1S/C13H17NO/c1-14-9-10-6-7-11-4-2-3-5-12(11)13(15)8-10/h2-5,10,14H,6-9H2,1H3. The van der Waals surface area contributed by atoms with Crippen molar-refractivity contribution >= 4 is 5.78 Å². The lowest BCUT2D eigenvalue weighted by Crippen LogP contribution is -2.20. The summed E-state index contributed by atoms with van der Waals surface area (Å²) in [5.74, 6) is 0.804. The van der Waals surface area contributed by atoms with Crippen molar-refractivity contribution in [3.05, 3.63) is 35.4 Å². The Morgan fingerprint density at radius 3 is 3.00 bits per heavy atom. The number of hydrogen-bond donors (Lipinski definition) is 1. The molecule has 15 heavy (non-hydrogen) atoms. The molecule has 0 heterocycles. The van der Waals surface area contributed by atoms with Gasteiger partial charge in [0, 0.05) is 12.0 Å². The summed E-state index contributed by atoms with van der Waals surface area (Å²) in [4.78, 5) is 12.0. The van der Waals surface area contributed by atoms with Gasteiger partial charge in [-0.25, -0.2) is 0 Å². The Morgan fingerprint density at radius 2 is 2.20 bits per heavy atom. The predicted octanol–water partition coefficient (Wildman–Crippen LogP) is 2.04. The van der Waals surface area contributed by atoms with Crippen molar-refractivity contribution in [2.75, 3.05) is 13.6 Å². The third-order valence-electron chi connectivity index (χ3n) is 3.11. The fourth-order valence-electron chi connectivity index (χ4n) is 2.31. The number of ketones is 1. The average Bonchev–Trinajstić information content (AvgIpc) is 2.40. The second-order valence-corrected chi connectivity index (χ2v) is 4.25. The maximum absolute atomic E-state index is 12.0. The number of nitrogens with one attached hydrogen (secondary N) is 1. The normalized spacial score (nSPS) is 20.9. The largest absolute Gasteiger partial charge is 0.319 e. The van der Waals surface area contributed by atoms with Gasteiger partial charge < -0.3 is 5.32 Å². The van der Waals surface area contributed by atoms with E-state index in [1.165, 1.54) is 5.56 Å². The van der Waals surface area contributed by atoms with Gasteiger partial charge in [0.2, 0.25) is 0 Å². The Bertz CT molecular complexity index is 359. The first-order valence-corrected chi connectivity index (χ1v) is 5.57. The van der Waals surface area contributed by atoms with Gasteiger partial charge in [0.05, 0.1) is 0 Å². The molecule has 0 saturated heterocycles. The molecular formula is C13H17NO. The molecule has 0 amide bonds. The zero-order valence-electron chi connectivity index (χ0n) is 9.12. The van der Waals surface area contributed by atoms with Crippen molar-refractivity contribution in [2.24, 2.45) is 5.92 Å². The van der Waals surface area contributed by atoms with Crippen LogP contribution < -0.4 is 5.32 Å². The van der Waals surface area contributed by atoms with Gasteiger partial charge in [0.1, 0.15) is 0 Å². The van der Waals surface area contributed by atoms with E-state index in [-0.39, 0.29) is 0 Å². The van der Waals surface area contributed by atoms with Crippen LogP contribution in [0.4, 0.5) is 0 Å². The summed E-state index contributed by atoms with van der Waals surface area (Å²) >= 11 is 0. The molecule has 2 rings (SSSR count). The molecule has 1 aromatic carbocycles. The fraction of sp³-hybridized carbons (Fsp3) is 0.462. The van der Waals surface area contributed by atoms with Crippen molar-refractivity contribution in [1.29, 1.82) is 0 Å². The van der Waals surface area contributed by atoms with Crippen molar-refractivity contribution < 1.29 is 4.79 Å². The van der Waals surface area contributed by atoms with Gasteiger partial charge in [-0.3, -0.25) is 4.79 Å². The van der Waals surface area contributed by atoms with E-state index in [0.29, 0.717) is 18.1 Å². The van der Waals surface area contributed by atoms with E-state index in [1.807, 2.05) is 25.2 Å². The first kappa shape index (κ1) is 10.4. The van der Waals surface area contributed by atoms with Gasteiger partial charge in [-0.2, -0.15) is 0 Å². The summed E-state index contributed by atoms with van der Waals surface area (Å²) in [5, 5.41) is 3.16. The van der Waals surface area contributed by atoms with Crippen LogP contribution in [-0.4, -0.2) is 19.4 Å². The first-order chi connectivity index (χ1) is 7.31. The third kappa shape index (κ3) is 2.26. The molecule has 0 aliphatic heterocycles. The first-order valence-electron chi connectivity index (χ1n) is 5.57. The highest BCUT2D eigenvalue weighted by atomic mass is 16.1. The minimum Gasteiger partial charge on any atom is -0.319 e. The van der Waals surface area contributed by atoms with Crippen LogP contribution in [0, 0.1) is 5.92 Å². The van der Waals surface area contributed by atoms with Crippen LogP contribution in [0.15, 0.2) is 24.3 Å². The van der Waals surface area contributed by atoms with Crippen molar-refractivity contribution in [2.45, 2.75) is 19.3 Å². The van der Waals surface area contributed by atoms with Gasteiger partial charge in [0.25, 0.3) is 0 Å². The monoisotopic (exact) mass is 203 g/mol. The molecule has 1 N–H and O–H groups in total. The topological polar surface area (TPSA) is 29.1 Å². The lowest BCUT2D eigenvalue weighted by molar-refractivity contribution is 0.0963. The Kier molecular flexibility index (Phi) is 3.17. The summed E-state index contributed by atoms with van der Waals surface area (Å²) in [5.41, 5.74) is 2.16. The molecule has 0 fully saturated rings. The van der Waals surface area contributed by atoms with Crippen LogP contribution in [0.3, 0.4) is 0 Å². The number of Topliss-reactive ketones (excluding diaryl/α,β-unsaturated/α-hetero) is 1. The molecule has 0 spiro atoms. The summed E-state index contributed by atoms with van der Waals surface area (Å²) in [6.07, 6.45) is 2.84. The molecule has 1 atom stereocenters. The molecule has 0 radical (unpaired) electrons. The molecule has 1 aliphatic rings. The van der Waals surface area contributed by atoms with Crippen molar-refractivity contribution in [3.8, 4) is 0 Å². The molecule has 0 aromatic heterocycles. The van der Waals surface area contributed by atoms with E-state index < -0.39 is 0 Å². The van der Waals surface area contributed by atoms with E-state index in [4.69, 9.17) is 0 Å². The molecule has 1 aromatic rings. The Labute approximate surface area is 90.7 Å². The van der Waals surface area contributed by atoms with E-state index >= 15 is 0 Å². The zero-order chi connectivity index (χ0) is 10.7. The Morgan fingerprint density at radius 1 is 1.40 bits per heavy atom. The van der Waals surface area contributed by atoms with Crippen LogP contribution in [0.25, 0.3) is 0 Å². The van der Waals surface area contributed by atoms with Crippen LogP contribution in [0.5, 0.6) is 0 Å². The van der Waals surface area contributed by atoms with Crippen molar-refractivity contribution in [3.63, 3.8) is 0 Å². The Balaban J connectivity index is 2.21. The molecular weight excluding hydrogens is 186 g/mol. The minimum absolute atomic E-state index is 0.309. The maximum atomic E-state index is 12.0. The summed E-state index contributed by atoms with van der Waals surface area (Å²) in [7, 11) is 1.95. The molecule has 1 aliphatic carbocycles. The number of carbonyl (C=O) groups is 1. The number of aryl methyl sites for hydroxylation is 1. The second-order valence-electron chi connectivity index (χ2n) is 4.25. The molecule has 0 bridgehead atoms. The highest BCUT2D eigenvalue weighted by Gasteiger charge is 2.21. The number of fused-ring (bicyclic) bond motifs is 1. The van der Waals surface area contributed by atoms with Crippen LogP contribution in [-0.2, 0) is 6.42 Å². The maximum Gasteiger partial charge on any atom is 0.163 e. The van der Waals surface area contributed by atoms with Gasteiger partial charge >= 0.3 is 0 Å². The number of benzene rings is 1. The van der Waals surface area contributed by atoms with Crippen LogP contribution >= 0.6 is 0 Å². The second kappa shape index (κ2) is 4.58. The minimum atomic E-state index is 0.309. The predicted molar refractivity (Wildman–Crippen MR) is 61.1 cm³/mol. The quantitative estimate of drug-likeness (QED) is 0.745. The molecule has 1 unspecified atom stereocenters. The summed E-state index contributed by atoms with van der Waals surface area (Å²) in [6.45, 7) is 0.944. The average molecular weight is 203 g/mol. The van der Waals surface area contributed by atoms with Gasteiger partial charge in [-0.1, -0.05) is 24.3 Å². The number of rotatable bonds is 2. The van der Waals surface area contributed by atoms with Crippen LogP contribution in [0.2, 0.25) is 0 Å². The van der Waals surface area contributed by atoms with Gasteiger partial charge in [-0.15, -0.1) is 0 Å². The van der Waals surface area contributed by atoms with Gasteiger partial charge in [0.15, 0.2) is 5.78 Å². The van der Waals surface area contributed by atoms with E-state index in [9.17, 15) is 4.79 Å². The lowest BCUT2D eigenvalue weighted by atomic mass is 9.99. The Hall–Kier alpha value is -1.15. The highest BCUT2D eigenvalue weighted by Crippen LogP contribution is 2.23. The highest BCUT2D eigenvalue weighted by molar-refractivity contribution is 5.97. The lowest BCUT2D eigenvalue weighted by Gasteiger charge is -2.11. The molecule has 80 valence electrons. The molecule has 0 saturated carbocycles. The van der Waals surface area contributed by atoms with E-state index in [2.05, 4.69) is 11.4 Å². The van der Waals surface area contributed by atoms with Crippen molar-refractivity contribution in [1.82, 2.24) is 5.32 Å². The van der Waals surface area contributed by atoms with E-state index in [1.54, 1.807) is 0 Å². The molecule has 2 nitrogen and oxygen atoms in total. The smallest absolute Gasteiger partial charge is 0.163 e. The third-order valence-corrected chi connectivity index (χ3v) is 3.11. The summed E-state index contributed by atoms with van der Waals surface area (Å²) in [6, 6.07) is 8.01. The van der Waals surface area contributed by atoms with E-state index in [0.717, 1.165) is 24.9 Å². The fourth-order valence-corrected chi connectivity index (χ4v) is 2.31. The van der Waals surface area contributed by atoms with Crippen LogP contribution in [0.1, 0.15) is 28.8 Å². The SMILES string of the molecule is CNCC1CCc2ccccc2C(=O)C1. The number of hydrogen-bond acceptors (Lipinski definition) is 2. The van der Waals surface area contributed by atoms with Gasteiger partial charge in [-0.05, 0) is 37.9 Å². The summed E-state index contributed by atoms with van der Waals surface area (Å²) < 4.78 is 0.